The molecule has 2 aliphatic rings. The zero-order chi connectivity index (χ0) is 26.6. The predicted octanol–water partition coefficient (Wildman–Crippen LogP) is 3.84. The number of alkyl halides is 4. The van der Waals surface area contributed by atoms with Gasteiger partial charge in [0.15, 0.2) is 0 Å². The van der Waals surface area contributed by atoms with Gasteiger partial charge < -0.3 is 15.4 Å². The fraction of sp³-hybridized carbons (Fsp3) is 0.500. The van der Waals surface area contributed by atoms with Gasteiger partial charge in [-0.15, -0.1) is 0 Å². The van der Waals surface area contributed by atoms with E-state index in [1.165, 1.54) is 19.4 Å². The van der Waals surface area contributed by atoms with E-state index in [0.29, 0.717) is 43.7 Å². The van der Waals surface area contributed by atoms with E-state index in [1.807, 2.05) is 0 Å². The fourth-order valence-electron chi connectivity index (χ4n) is 5.09. The largest absolute Gasteiger partial charge is 0.481 e. The number of rotatable bonds is 7. The number of ether oxygens (including phenoxy) is 1. The highest BCUT2D eigenvalue weighted by atomic mass is 19.4. The minimum absolute atomic E-state index is 0.110. The van der Waals surface area contributed by atoms with Crippen molar-refractivity contribution >= 4 is 11.8 Å². The molecule has 1 aromatic carbocycles. The second-order valence-electron chi connectivity index (χ2n) is 9.60. The quantitative estimate of drug-likeness (QED) is 0.540. The van der Waals surface area contributed by atoms with E-state index in [1.54, 1.807) is 12.1 Å². The maximum atomic E-state index is 15.6. The number of hydrogen-bond donors (Lipinski definition) is 2. The molecule has 0 radical (unpaired) electrons. The van der Waals surface area contributed by atoms with Crippen molar-refractivity contribution in [2.75, 3.05) is 26.7 Å². The summed E-state index contributed by atoms with van der Waals surface area (Å²) in [6.07, 6.45) is -0.133. The summed E-state index contributed by atoms with van der Waals surface area (Å²) in [5.41, 5.74) is -1.95. The smallest absolute Gasteiger partial charge is 0.416 e. The number of likely N-dealkylation sites (tertiary alicyclic amines) is 1. The Bertz CT molecular complexity index is 1100. The average molecular weight is 523 g/mol. The molecule has 1 atom stereocenters. The number of nitrogens with zero attached hydrogens (tertiary/aromatic N) is 2. The van der Waals surface area contributed by atoms with Gasteiger partial charge in [-0.1, -0.05) is 6.07 Å². The minimum Gasteiger partial charge on any atom is -0.481 e. The monoisotopic (exact) mass is 522 g/mol. The molecule has 200 valence electrons. The van der Waals surface area contributed by atoms with Gasteiger partial charge in [0.1, 0.15) is 5.67 Å². The van der Waals surface area contributed by atoms with Crippen LogP contribution in [0.1, 0.15) is 53.6 Å². The summed E-state index contributed by atoms with van der Waals surface area (Å²) in [6, 6.07) is 7.54. The second kappa shape index (κ2) is 11.0. The average Bonchev–Trinajstić information content (AvgIpc) is 3.35. The summed E-state index contributed by atoms with van der Waals surface area (Å²) in [6.45, 7) is 1.06. The molecule has 2 fully saturated rings. The molecule has 2 N–H and O–H groups in total. The van der Waals surface area contributed by atoms with E-state index >= 15 is 4.39 Å². The van der Waals surface area contributed by atoms with Crippen molar-refractivity contribution in [1.82, 2.24) is 20.5 Å². The molecule has 4 rings (SSSR count). The van der Waals surface area contributed by atoms with Gasteiger partial charge >= 0.3 is 6.18 Å². The molecule has 1 saturated heterocycles. The lowest BCUT2D eigenvalue weighted by atomic mass is 9.79. The number of benzene rings is 1. The van der Waals surface area contributed by atoms with Crippen LogP contribution in [-0.2, 0) is 16.6 Å². The third-order valence-corrected chi connectivity index (χ3v) is 7.17. The highest BCUT2D eigenvalue weighted by molar-refractivity contribution is 5.96. The number of carbonyl (C=O) groups excluding carboxylic acids is 2. The number of methoxy groups -OCH3 is 1. The van der Waals surface area contributed by atoms with Gasteiger partial charge in [0.25, 0.3) is 5.91 Å². The maximum Gasteiger partial charge on any atom is 0.416 e. The molecule has 1 aliphatic carbocycles. The van der Waals surface area contributed by atoms with Crippen LogP contribution in [0.15, 0.2) is 42.6 Å². The second-order valence-corrected chi connectivity index (χ2v) is 9.60. The summed E-state index contributed by atoms with van der Waals surface area (Å²) in [4.78, 5) is 30.9. The molecule has 37 heavy (non-hydrogen) atoms. The number of nitrogens with one attached hydrogen (secondary N) is 2. The van der Waals surface area contributed by atoms with Crippen LogP contribution in [0, 0.1) is 0 Å². The normalized spacial score (nSPS) is 24.5. The fourth-order valence-corrected chi connectivity index (χ4v) is 5.09. The van der Waals surface area contributed by atoms with Crippen molar-refractivity contribution in [2.45, 2.75) is 56.0 Å². The zero-order valence-electron chi connectivity index (χ0n) is 20.5. The van der Waals surface area contributed by atoms with Crippen molar-refractivity contribution in [3.8, 4) is 5.88 Å². The van der Waals surface area contributed by atoms with Crippen LogP contribution in [0.2, 0.25) is 0 Å². The summed E-state index contributed by atoms with van der Waals surface area (Å²) < 4.78 is 59.2. The van der Waals surface area contributed by atoms with E-state index in [9.17, 15) is 22.8 Å². The number of carbonyl (C=O) groups is 2. The Kier molecular flexibility index (Phi) is 8.01. The molecule has 7 nitrogen and oxygen atoms in total. The maximum absolute atomic E-state index is 15.6. The van der Waals surface area contributed by atoms with Crippen molar-refractivity contribution < 1.29 is 31.9 Å². The van der Waals surface area contributed by atoms with Crippen LogP contribution in [0.3, 0.4) is 0 Å². The summed E-state index contributed by atoms with van der Waals surface area (Å²) >= 11 is 0. The van der Waals surface area contributed by atoms with Crippen LogP contribution >= 0.6 is 0 Å². The molecule has 0 bridgehead atoms. The van der Waals surface area contributed by atoms with Gasteiger partial charge in [-0.05, 0) is 56.4 Å². The lowest BCUT2D eigenvalue weighted by molar-refractivity contribution is -0.137. The first-order valence-corrected chi connectivity index (χ1v) is 12.3. The lowest BCUT2D eigenvalue weighted by Gasteiger charge is -2.38. The van der Waals surface area contributed by atoms with Gasteiger partial charge in [-0.25, -0.2) is 9.37 Å². The SMILES string of the molecule is COc1ccc(C2(F)CCC(N3CCC(NC(=O)CNC(=O)c4cccc(C(F)(F)F)c4)C3)CC2)cn1. The Morgan fingerprint density at radius 3 is 2.57 bits per heavy atom. The van der Waals surface area contributed by atoms with Crippen LogP contribution in [-0.4, -0.2) is 60.5 Å². The van der Waals surface area contributed by atoms with E-state index in [4.69, 9.17) is 4.74 Å². The summed E-state index contributed by atoms with van der Waals surface area (Å²) in [5.74, 6) is -0.717. The summed E-state index contributed by atoms with van der Waals surface area (Å²) in [7, 11) is 1.51. The Morgan fingerprint density at radius 1 is 1.16 bits per heavy atom. The van der Waals surface area contributed by atoms with Crippen LogP contribution in [0.25, 0.3) is 0 Å². The molecule has 0 spiro atoms. The molecule has 2 aromatic rings. The lowest BCUT2D eigenvalue weighted by Crippen LogP contribution is -2.45. The number of pyridine rings is 1. The van der Waals surface area contributed by atoms with Gasteiger partial charge in [0, 0.05) is 48.6 Å². The molecular weight excluding hydrogens is 492 g/mol. The molecule has 2 heterocycles. The predicted molar refractivity (Wildman–Crippen MR) is 128 cm³/mol. The number of hydrogen-bond acceptors (Lipinski definition) is 5. The number of aromatic nitrogens is 1. The molecule has 1 aromatic heterocycles. The Morgan fingerprint density at radius 2 is 1.92 bits per heavy atom. The van der Waals surface area contributed by atoms with Crippen molar-refractivity contribution in [3.63, 3.8) is 0 Å². The van der Waals surface area contributed by atoms with Gasteiger partial charge in [-0.2, -0.15) is 13.2 Å². The minimum atomic E-state index is -4.56. The highest BCUT2D eigenvalue weighted by Gasteiger charge is 2.40. The molecule has 1 unspecified atom stereocenters. The van der Waals surface area contributed by atoms with E-state index in [-0.39, 0.29) is 24.2 Å². The third-order valence-electron chi connectivity index (χ3n) is 7.17. The standard InChI is InChI=1S/C26H30F4N4O3/c1-37-23-6-5-19(14-31-23)25(27)10-7-21(8-11-25)34-12-9-20(16-34)33-22(35)15-32-24(36)17-3-2-4-18(13-17)26(28,29)30/h2-6,13-14,20-21H,7-12,15-16H2,1H3,(H,32,36)(H,33,35). The molecule has 11 heteroatoms. The number of amides is 2. The Hall–Kier alpha value is -3.21. The Labute approximate surface area is 212 Å². The summed E-state index contributed by atoms with van der Waals surface area (Å²) in [5, 5.41) is 5.24. The van der Waals surface area contributed by atoms with Gasteiger partial charge in [-0.3, -0.25) is 14.5 Å². The van der Waals surface area contributed by atoms with Crippen molar-refractivity contribution in [3.05, 3.63) is 59.3 Å². The van der Waals surface area contributed by atoms with Crippen LogP contribution in [0.5, 0.6) is 5.88 Å². The highest BCUT2D eigenvalue weighted by Crippen LogP contribution is 2.42. The van der Waals surface area contributed by atoms with Crippen LogP contribution in [0.4, 0.5) is 17.6 Å². The van der Waals surface area contributed by atoms with Crippen LogP contribution < -0.4 is 15.4 Å². The first-order valence-electron chi connectivity index (χ1n) is 12.3. The molecule has 1 aliphatic heterocycles. The number of halogens is 4. The third kappa shape index (κ3) is 6.57. The van der Waals surface area contributed by atoms with Gasteiger partial charge in [0.05, 0.1) is 19.2 Å². The van der Waals surface area contributed by atoms with E-state index in [0.717, 1.165) is 31.2 Å². The zero-order valence-corrected chi connectivity index (χ0v) is 20.5. The van der Waals surface area contributed by atoms with E-state index in [2.05, 4.69) is 20.5 Å². The molecule has 1 saturated carbocycles. The Balaban J connectivity index is 1.21. The van der Waals surface area contributed by atoms with Crippen molar-refractivity contribution in [2.24, 2.45) is 0 Å². The molecule has 2 amide bonds. The van der Waals surface area contributed by atoms with Gasteiger partial charge in [0.2, 0.25) is 11.8 Å². The van der Waals surface area contributed by atoms with Crippen molar-refractivity contribution in [1.29, 1.82) is 0 Å². The van der Waals surface area contributed by atoms with E-state index < -0.39 is 29.2 Å². The molecular formula is C26H30F4N4O3. The first-order chi connectivity index (χ1) is 17.6. The first kappa shape index (κ1) is 26.8. The topological polar surface area (TPSA) is 83.6 Å².